The molecule has 3 heteroatoms. The SMILES string of the molecule is N#C/C=C1/c2ccccc2CC(N2CCN(C3CC3)CC2)c2ccccc21. The van der Waals surface area contributed by atoms with E-state index in [1.165, 1.54) is 48.2 Å². The first-order valence-electron chi connectivity index (χ1n) is 10.1. The van der Waals surface area contributed by atoms with Crippen LogP contribution < -0.4 is 0 Å². The summed E-state index contributed by atoms with van der Waals surface area (Å²) < 4.78 is 0. The molecule has 1 saturated carbocycles. The molecule has 1 atom stereocenters. The van der Waals surface area contributed by atoms with E-state index in [9.17, 15) is 5.26 Å². The van der Waals surface area contributed by atoms with Crippen molar-refractivity contribution in [2.75, 3.05) is 26.2 Å². The van der Waals surface area contributed by atoms with Gasteiger partial charge < -0.3 is 0 Å². The van der Waals surface area contributed by atoms with Crippen molar-refractivity contribution in [2.45, 2.75) is 31.3 Å². The van der Waals surface area contributed by atoms with Crippen molar-refractivity contribution in [1.29, 1.82) is 5.26 Å². The van der Waals surface area contributed by atoms with Crippen LogP contribution in [-0.4, -0.2) is 42.0 Å². The molecule has 1 unspecified atom stereocenters. The molecule has 1 saturated heterocycles. The average Bonchev–Trinajstić information content (AvgIpc) is 3.57. The summed E-state index contributed by atoms with van der Waals surface area (Å²) in [6.07, 6.45) is 5.52. The van der Waals surface area contributed by atoms with Gasteiger partial charge in [0.2, 0.25) is 0 Å². The van der Waals surface area contributed by atoms with Crippen LogP contribution in [-0.2, 0) is 6.42 Å². The summed E-state index contributed by atoms with van der Waals surface area (Å²) in [6.45, 7) is 4.64. The van der Waals surface area contributed by atoms with Crippen molar-refractivity contribution in [2.24, 2.45) is 0 Å². The van der Waals surface area contributed by atoms with E-state index in [4.69, 9.17) is 0 Å². The van der Waals surface area contributed by atoms with E-state index >= 15 is 0 Å². The van der Waals surface area contributed by atoms with Gasteiger partial charge in [0.05, 0.1) is 6.07 Å². The lowest BCUT2D eigenvalue weighted by Gasteiger charge is -2.40. The molecule has 3 aliphatic rings. The first-order valence-corrected chi connectivity index (χ1v) is 10.1. The molecule has 2 aliphatic carbocycles. The van der Waals surface area contributed by atoms with E-state index in [0.717, 1.165) is 31.1 Å². The van der Waals surface area contributed by atoms with Crippen molar-refractivity contribution in [1.82, 2.24) is 9.80 Å². The largest absolute Gasteiger partial charge is 0.298 e. The van der Waals surface area contributed by atoms with Crippen molar-refractivity contribution in [3.8, 4) is 6.07 Å². The maximum absolute atomic E-state index is 9.42. The van der Waals surface area contributed by atoms with E-state index in [1.807, 2.05) is 0 Å². The van der Waals surface area contributed by atoms with Crippen molar-refractivity contribution < 1.29 is 0 Å². The smallest absolute Gasteiger partial charge is 0.0918 e. The molecule has 5 rings (SSSR count). The second kappa shape index (κ2) is 6.96. The van der Waals surface area contributed by atoms with Gasteiger partial charge in [0, 0.05) is 44.3 Å². The molecule has 2 aromatic rings. The third-order valence-electron chi connectivity index (χ3n) is 6.39. The molecule has 0 spiro atoms. The Balaban J connectivity index is 1.55. The third-order valence-corrected chi connectivity index (χ3v) is 6.39. The fourth-order valence-electron chi connectivity index (χ4n) is 4.86. The number of piperazine rings is 1. The van der Waals surface area contributed by atoms with Crippen LogP contribution >= 0.6 is 0 Å². The highest BCUT2D eigenvalue weighted by atomic mass is 15.3. The van der Waals surface area contributed by atoms with Gasteiger partial charge in [-0.25, -0.2) is 0 Å². The van der Waals surface area contributed by atoms with E-state index in [1.54, 1.807) is 6.08 Å². The Kier molecular flexibility index (Phi) is 4.32. The van der Waals surface area contributed by atoms with Gasteiger partial charge in [-0.2, -0.15) is 5.26 Å². The molecule has 1 heterocycles. The lowest BCUT2D eigenvalue weighted by atomic mass is 9.93. The van der Waals surface area contributed by atoms with Crippen LogP contribution in [0.5, 0.6) is 0 Å². The average molecular weight is 355 g/mol. The van der Waals surface area contributed by atoms with Gasteiger partial charge in [-0.3, -0.25) is 9.80 Å². The van der Waals surface area contributed by atoms with Gasteiger partial charge in [-0.1, -0.05) is 48.5 Å². The Morgan fingerprint density at radius 3 is 2.26 bits per heavy atom. The predicted molar refractivity (Wildman–Crippen MR) is 108 cm³/mol. The summed E-state index contributed by atoms with van der Waals surface area (Å²) in [7, 11) is 0. The summed E-state index contributed by atoms with van der Waals surface area (Å²) in [5.74, 6) is 0. The zero-order valence-corrected chi connectivity index (χ0v) is 15.6. The van der Waals surface area contributed by atoms with Gasteiger partial charge in [0.15, 0.2) is 0 Å². The van der Waals surface area contributed by atoms with Gasteiger partial charge in [-0.15, -0.1) is 0 Å². The van der Waals surface area contributed by atoms with Gasteiger partial charge in [0.25, 0.3) is 0 Å². The standard InChI is InChI=1S/C24H25N3/c25-12-11-22-20-6-2-1-5-18(20)17-24(23-8-4-3-7-21(22)23)27-15-13-26(14-16-27)19-9-10-19/h1-8,11,19,24H,9-10,13-17H2/b22-11-. The van der Waals surface area contributed by atoms with Gasteiger partial charge in [0.1, 0.15) is 0 Å². The lowest BCUT2D eigenvalue weighted by Crippen LogP contribution is -2.48. The molecule has 0 amide bonds. The number of rotatable bonds is 2. The van der Waals surface area contributed by atoms with Crippen LogP contribution in [0, 0.1) is 11.3 Å². The summed E-state index contributed by atoms with van der Waals surface area (Å²) in [5, 5.41) is 9.42. The molecular formula is C24H25N3. The number of hydrogen-bond donors (Lipinski definition) is 0. The summed E-state index contributed by atoms with van der Waals surface area (Å²) >= 11 is 0. The predicted octanol–water partition coefficient (Wildman–Crippen LogP) is 4.02. The Morgan fingerprint density at radius 2 is 1.52 bits per heavy atom. The number of hydrogen-bond acceptors (Lipinski definition) is 3. The van der Waals surface area contributed by atoms with Crippen LogP contribution in [0.1, 0.15) is 41.1 Å². The molecule has 0 radical (unpaired) electrons. The van der Waals surface area contributed by atoms with Crippen molar-refractivity contribution in [3.05, 3.63) is 76.9 Å². The summed E-state index contributed by atoms with van der Waals surface area (Å²) in [4.78, 5) is 5.35. The molecule has 0 bridgehead atoms. The maximum atomic E-state index is 9.42. The van der Waals surface area contributed by atoms with Gasteiger partial charge >= 0.3 is 0 Å². The second-order valence-electron chi connectivity index (χ2n) is 7.95. The maximum Gasteiger partial charge on any atom is 0.0918 e. The summed E-state index contributed by atoms with van der Waals surface area (Å²) in [5.41, 5.74) is 6.23. The Labute approximate surface area is 161 Å². The van der Waals surface area contributed by atoms with Crippen LogP contribution in [0.15, 0.2) is 54.6 Å². The minimum atomic E-state index is 0.383. The zero-order valence-electron chi connectivity index (χ0n) is 15.6. The fourth-order valence-corrected chi connectivity index (χ4v) is 4.86. The van der Waals surface area contributed by atoms with E-state index in [2.05, 4.69) is 64.4 Å². The highest BCUT2D eigenvalue weighted by Crippen LogP contribution is 2.40. The molecule has 27 heavy (non-hydrogen) atoms. The second-order valence-corrected chi connectivity index (χ2v) is 7.95. The number of fused-ring (bicyclic) bond motifs is 2. The quantitative estimate of drug-likeness (QED) is 0.762. The molecular weight excluding hydrogens is 330 g/mol. The van der Waals surface area contributed by atoms with E-state index in [0.29, 0.717) is 6.04 Å². The number of benzene rings is 2. The number of nitrogens with zero attached hydrogens (tertiary/aromatic N) is 3. The lowest BCUT2D eigenvalue weighted by molar-refractivity contribution is 0.0909. The molecule has 3 nitrogen and oxygen atoms in total. The Morgan fingerprint density at radius 1 is 0.852 bits per heavy atom. The molecule has 0 aromatic heterocycles. The zero-order chi connectivity index (χ0) is 18.2. The van der Waals surface area contributed by atoms with E-state index in [-0.39, 0.29) is 0 Å². The monoisotopic (exact) mass is 355 g/mol. The van der Waals surface area contributed by atoms with Crippen LogP contribution in [0.2, 0.25) is 0 Å². The fraction of sp³-hybridized carbons (Fsp3) is 0.375. The minimum absolute atomic E-state index is 0.383. The highest BCUT2D eigenvalue weighted by molar-refractivity contribution is 5.85. The van der Waals surface area contributed by atoms with Gasteiger partial charge in [-0.05, 0) is 47.1 Å². The number of nitriles is 1. The van der Waals surface area contributed by atoms with Crippen LogP contribution in [0.3, 0.4) is 0 Å². The van der Waals surface area contributed by atoms with E-state index < -0.39 is 0 Å². The Bertz CT molecular complexity index is 911. The highest BCUT2D eigenvalue weighted by Gasteiger charge is 2.35. The summed E-state index contributed by atoms with van der Waals surface area (Å²) in [6, 6.07) is 20.8. The topological polar surface area (TPSA) is 30.3 Å². The minimum Gasteiger partial charge on any atom is -0.298 e. The van der Waals surface area contributed by atoms with Crippen LogP contribution in [0.4, 0.5) is 0 Å². The Hall–Kier alpha value is -2.41. The van der Waals surface area contributed by atoms with Crippen LogP contribution in [0.25, 0.3) is 5.57 Å². The first kappa shape index (κ1) is 16.7. The van der Waals surface area contributed by atoms with Crippen molar-refractivity contribution >= 4 is 5.57 Å². The molecule has 2 aromatic carbocycles. The molecule has 0 N–H and O–H groups in total. The molecule has 136 valence electrons. The normalized spacial score (nSPS) is 24.7. The third kappa shape index (κ3) is 3.10. The first-order chi connectivity index (χ1) is 13.3. The molecule has 1 aliphatic heterocycles. The van der Waals surface area contributed by atoms with Crippen molar-refractivity contribution in [3.63, 3.8) is 0 Å². The molecule has 2 fully saturated rings. The number of allylic oxidation sites excluding steroid dienone is 1.